The lowest BCUT2D eigenvalue weighted by atomic mass is 10.1. The first-order chi connectivity index (χ1) is 8.88. The maximum absolute atomic E-state index is 11.0. The van der Waals surface area contributed by atoms with Crippen molar-refractivity contribution in [3.63, 3.8) is 0 Å². The van der Waals surface area contributed by atoms with Crippen molar-refractivity contribution >= 4 is 5.69 Å². The smallest absolute Gasteiger partial charge is 0.258 e. The van der Waals surface area contributed by atoms with Gasteiger partial charge in [0.25, 0.3) is 0 Å². The second-order valence-electron chi connectivity index (χ2n) is 4.93. The average molecular weight is 259 g/mol. The van der Waals surface area contributed by atoms with Gasteiger partial charge in [0.05, 0.1) is 11.5 Å². The Kier molecular flexibility index (Phi) is 3.38. The van der Waals surface area contributed by atoms with E-state index < -0.39 is 0 Å². The molecule has 1 heterocycles. The van der Waals surface area contributed by atoms with Crippen LogP contribution in [0.3, 0.4) is 0 Å². The normalized spacial score (nSPS) is 10.7. The van der Waals surface area contributed by atoms with Crippen LogP contribution in [-0.4, -0.2) is 14.7 Å². The molecule has 2 rings (SSSR count). The number of aromatic nitrogens is 2. The van der Waals surface area contributed by atoms with E-state index in [1.165, 1.54) is 11.1 Å². The third-order valence-electron chi connectivity index (χ3n) is 3.14. The van der Waals surface area contributed by atoms with Gasteiger partial charge in [-0.25, -0.2) is 0 Å². The number of rotatable bonds is 3. The molecule has 0 saturated carbocycles. The zero-order valence-corrected chi connectivity index (χ0v) is 11.6. The molecule has 1 aromatic heterocycles. The standard InChI is InChI=1S/C14H17N3O2/c1-9-5-10(2)7-13(6-9)8-16-12(4)14(17(18)19)11(3)15-16/h5-7H,8H2,1-4H3. The molecular weight excluding hydrogens is 242 g/mol. The summed E-state index contributed by atoms with van der Waals surface area (Å²) in [6.07, 6.45) is 0. The molecule has 0 bridgehead atoms. The molecule has 0 radical (unpaired) electrons. The molecule has 0 spiro atoms. The van der Waals surface area contributed by atoms with Gasteiger partial charge < -0.3 is 0 Å². The molecule has 0 aliphatic rings. The Morgan fingerprint density at radius 1 is 1.16 bits per heavy atom. The molecule has 2 aromatic rings. The lowest BCUT2D eigenvalue weighted by molar-refractivity contribution is -0.386. The van der Waals surface area contributed by atoms with E-state index in [-0.39, 0.29) is 10.6 Å². The van der Waals surface area contributed by atoms with Crippen molar-refractivity contribution in [1.82, 2.24) is 9.78 Å². The molecule has 19 heavy (non-hydrogen) atoms. The van der Waals surface area contributed by atoms with E-state index in [2.05, 4.69) is 23.3 Å². The summed E-state index contributed by atoms with van der Waals surface area (Å²) < 4.78 is 1.70. The Bertz CT molecular complexity index is 624. The van der Waals surface area contributed by atoms with Gasteiger partial charge in [0.15, 0.2) is 0 Å². The molecule has 0 saturated heterocycles. The summed E-state index contributed by atoms with van der Waals surface area (Å²) in [5, 5.41) is 15.2. The molecule has 0 fully saturated rings. The molecule has 0 unspecified atom stereocenters. The van der Waals surface area contributed by atoms with Crippen molar-refractivity contribution in [1.29, 1.82) is 0 Å². The van der Waals surface area contributed by atoms with Crippen LogP contribution in [0, 0.1) is 37.8 Å². The lowest BCUT2D eigenvalue weighted by Gasteiger charge is -2.06. The van der Waals surface area contributed by atoms with Crippen molar-refractivity contribution in [2.75, 3.05) is 0 Å². The number of benzene rings is 1. The van der Waals surface area contributed by atoms with E-state index in [0.29, 0.717) is 17.9 Å². The summed E-state index contributed by atoms with van der Waals surface area (Å²) in [6, 6.07) is 6.26. The molecule has 1 aromatic carbocycles. The predicted molar refractivity (Wildman–Crippen MR) is 73.4 cm³/mol. The van der Waals surface area contributed by atoms with Gasteiger partial charge in [-0.1, -0.05) is 29.3 Å². The second-order valence-corrected chi connectivity index (χ2v) is 4.93. The van der Waals surface area contributed by atoms with Crippen molar-refractivity contribution in [3.05, 3.63) is 56.4 Å². The highest BCUT2D eigenvalue weighted by Gasteiger charge is 2.21. The average Bonchev–Trinajstić information content (AvgIpc) is 2.52. The summed E-state index contributed by atoms with van der Waals surface area (Å²) in [7, 11) is 0. The van der Waals surface area contributed by atoms with Crippen molar-refractivity contribution < 1.29 is 4.92 Å². The first-order valence-corrected chi connectivity index (χ1v) is 6.14. The van der Waals surface area contributed by atoms with Gasteiger partial charge >= 0.3 is 5.69 Å². The fraction of sp³-hybridized carbons (Fsp3) is 0.357. The van der Waals surface area contributed by atoms with E-state index in [0.717, 1.165) is 5.56 Å². The number of hydrogen-bond donors (Lipinski definition) is 0. The molecule has 5 heteroatoms. The van der Waals surface area contributed by atoms with Crippen LogP contribution in [0.4, 0.5) is 5.69 Å². The lowest BCUT2D eigenvalue weighted by Crippen LogP contribution is -2.05. The SMILES string of the molecule is Cc1cc(C)cc(Cn2nc(C)c([N+](=O)[O-])c2C)c1. The first-order valence-electron chi connectivity index (χ1n) is 6.14. The Morgan fingerprint density at radius 3 is 2.21 bits per heavy atom. The van der Waals surface area contributed by atoms with Crippen molar-refractivity contribution in [2.45, 2.75) is 34.2 Å². The molecule has 0 amide bonds. The molecule has 0 N–H and O–H groups in total. The zero-order chi connectivity index (χ0) is 14.2. The van der Waals surface area contributed by atoms with Crippen LogP contribution in [0.1, 0.15) is 28.1 Å². The maximum Gasteiger partial charge on any atom is 0.312 e. The highest BCUT2D eigenvalue weighted by atomic mass is 16.6. The number of aryl methyl sites for hydroxylation is 3. The van der Waals surface area contributed by atoms with Gasteiger partial charge in [-0.15, -0.1) is 0 Å². The number of nitrogens with zero attached hydrogens (tertiary/aromatic N) is 3. The van der Waals surface area contributed by atoms with Gasteiger partial charge in [0.1, 0.15) is 11.4 Å². The highest BCUT2D eigenvalue weighted by Crippen LogP contribution is 2.22. The summed E-state index contributed by atoms with van der Waals surface area (Å²) in [5.41, 5.74) is 4.66. The Hall–Kier alpha value is -2.17. The Labute approximate surface area is 112 Å². The van der Waals surface area contributed by atoms with Gasteiger partial charge in [-0.3, -0.25) is 14.8 Å². The molecule has 0 aliphatic carbocycles. The van der Waals surface area contributed by atoms with Gasteiger partial charge in [0.2, 0.25) is 0 Å². The van der Waals surface area contributed by atoms with E-state index in [4.69, 9.17) is 0 Å². The fourth-order valence-corrected chi connectivity index (χ4v) is 2.44. The monoisotopic (exact) mass is 259 g/mol. The molecule has 0 atom stereocenters. The molecule has 0 aliphatic heterocycles. The van der Waals surface area contributed by atoms with Crippen LogP contribution >= 0.6 is 0 Å². The van der Waals surface area contributed by atoms with Crippen molar-refractivity contribution in [3.8, 4) is 0 Å². The quantitative estimate of drug-likeness (QED) is 0.628. The third kappa shape index (κ3) is 2.65. The van der Waals surface area contributed by atoms with E-state index in [1.54, 1.807) is 18.5 Å². The molecule has 5 nitrogen and oxygen atoms in total. The van der Waals surface area contributed by atoms with Gasteiger partial charge in [-0.05, 0) is 33.3 Å². The van der Waals surface area contributed by atoms with E-state index in [9.17, 15) is 10.1 Å². The van der Waals surface area contributed by atoms with Crippen LogP contribution in [0.2, 0.25) is 0 Å². The van der Waals surface area contributed by atoms with Gasteiger partial charge in [-0.2, -0.15) is 5.10 Å². The first kappa shape index (κ1) is 13.3. The molecule has 100 valence electrons. The summed E-state index contributed by atoms with van der Waals surface area (Å²) in [6.45, 7) is 8.05. The Balaban J connectivity index is 2.39. The summed E-state index contributed by atoms with van der Waals surface area (Å²) >= 11 is 0. The molecular formula is C14H17N3O2. The minimum absolute atomic E-state index is 0.115. The third-order valence-corrected chi connectivity index (χ3v) is 3.14. The minimum Gasteiger partial charge on any atom is -0.258 e. The van der Waals surface area contributed by atoms with Gasteiger partial charge in [0, 0.05) is 0 Å². The van der Waals surface area contributed by atoms with Crippen LogP contribution in [0.25, 0.3) is 0 Å². The summed E-state index contributed by atoms with van der Waals surface area (Å²) in [5.74, 6) is 0. The predicted octanol–water partition coefficient (Wildman–Crippen LogP) is 3.07. The summed E-state index contributed by atoms with van der Waals surface area (Å²) in [4.78, 5) is 10.6. The maximum atomic E-state index is 11.0. The van der Waals surface area contributed by atoms with E-state index >= 15 is 0 Å². The van der Waals surface area contributed by atoms with E-state index in [1.807, 2.05) is 13.8 Å². The zero-order valence-electron chi connectivity index (χ0n) is 11.6. The minimum atomic E-state index is -0.365. The van der Waals surface area contributed by atoms with Crippen LogP contribution in [0.5, 0.6) is 0 Å². The van der Waals surface area contributed by atoms with Crippen LogP contribution in [0.15, 0.2) is 18.2 Å². The topological polar surface area (TPSA) is 61.0 Å². The fourth-order valence-electron chi connectivity index (χ4n) is 2.44. The largest absolute Gasteiger partial charge is 0.312 e. The second kappa shape index (κ2) is 4.84. The van der Waals surface area contributed by atoms with Crippen molar-refractivity contribution in [2.24, 2.45) is 0 Å². The van der Waals surface area contributed by atoms with Crippen LogP contribution < -0.4 is 0 Å². The number of nitro groups is 1. The highest BCUT2D eigenvalue weighted by molar-refractivity contribution is 5.40. The number of hydrogen-bond acceptors (Lipinski definition) is 3. The van der Waals surface area contributed by atoms with Crippen LogP contribution in [-0.2, 0) is 6.54 Å². The Morgan fingerprint density at radius 2 is 1.74 bits per heavy atom.